The average molecular weight is 279 g/mol. The summed E-state index contributed by atoms with van der Waals surface area (Å²) in [6, 6.07) is 13.2. The Morgan fingerprint density at radius 2 is 1.83 bits per heavy atom. The molecule has 0 saturated carbocycles. The van der Waals surface area contributed by atoms with Gasteiger partial charge in [0.2, 0.25) is 0 Å². The summed E-state index contributed by atoms with van der Waals surface area (Å²) in [5.74, 6) is 0. The summed E-state index contributed by atoms with van der Waals surface area (Å²) in [5, 5.41) is 5.51. The molecule has 2 nitrogen and oxygen atoms in total. The minimum atomic E-state index is 0.671. The van der Waals surface area contributed by atoms with Gasteiger partial charge in [0, 0.05) is 15.6 Å². The predicted octanol–water partition coefficient (Wildman–Crippen LogP) is 4.75. The summed E-state index contributed by atoms with van der Waals surface area (Å²) >= 11 is 12.0. The maximum absolute atomic E-state index is 6.02. The quantitative estimate of drug-likeness (QED) is 0.636. The number of aryl methyl sites for hydroxylation is 1. The molecule has 0 fully saturated rings. The third kappa shape index (κ3) is 3.25. The number of nitrogens with one attached hydrogen (secondary N) is 1. The summed E-state index contributed by atoms with van der Waals surface area (Å²) in [7, 11) is 0. The molecule has 0 bridgehead atoms. The van der Waals surface area contributed by atoms with Gasteiger partial charge in [-0.15, -0.1) is 0 Å². The van der Waals surface area contributed by atoms with E-state index in [0.29, 0.717) is 10.0 Å². The van der Waals surface area contributed by atoms with Gasteiger partial charge in [-0.3, -0.25) is 5.43 Å². The number of anilines is 1. The molecule has 0 aromatic heterocycles. The second-order valence-corrected chi connectivity index (χ2v) is 4.67. The maximum atomic E-state index is 6.02. The van der Waals surface area contributed by atoms with Crippen molar-refractivity contribution in [2.45, 2.75) is 6.92 Å². The third-order valence-electron chi connectivity index (χ3n) is 2.47. The van der Waals surface area contributed by atoms with Gasteiger partial charge in [0.05, 0.1) is 11.9 Å². The van der Waals surface area contributed by atoms with Gasteiger partial charge in [-0.25, -0.2) is 0 Å². The zero-order chi connectivity index (χ0) is 13.0. The SMILES string of the molecule is Cc1ccc(N/N=C/c2ccccc2Cl)cc1Cl. The van der Waals surface area contributed by atoms with Crippen LogP contribution in [-0.4, -0.2) is 6.21 Å². The van der Waals surface area contributed by atoms with Gasteiger partial charge >= 0.3 is 0 Å². The van der Waals surface area contributed by atoms with Crippen LogP contribution in [0.4, 0.5) is 5.69 Å². The number of rotatable bonds is 3. The molecule has 0 amide bonds. The first-order chi connectivity index (χ1) is 8.66. The summed E-state index contributed by atoms with van der Waals surface area (Å²) < 4.78 is 0. The van der Waals surface area contributed by atoms with E-state index < -0.39 is 0 Å². The van der Waals surface area contributed by atoms with Gasteiger partial charge in [0.25, 0.3) is 0 Å². The number of nitrogens with zero attached hydrogens (tertiary/aromatic N) is 1. The fraction of sp³-hybridized carbons (Fsp3) is 0.0714. The molecule has 0 aliphatic heterocycles. The lowest BCUT2D eigenvalue weighted by Crippen LogP contribution is -1.91. The zero-order valence-electron chi connectivity index (χ0n) is 9.82. The summed E-state index contributed by atoms with van der Waals surface area (Å²) in [4.78, 5) is 0. The molecule has 0 unspecified atom stereocenters. The highest BCUT2D eigenvalue weighted by atomic mass is 35.5. The zero-order valence-corrected chi connectivity index (χ0v) is 11.3. The Balaban J connectivity index is 2.07. The van der Waals surface area contributed by atoms with E-state index in [1.165, 1.54) is 0 Å². The molecule has 0 spiro atoms. The maximum Gasteiger partial charge on any atom is 0.0576 e. The lowest BCUT2D eigenvalue weighted by atomic mass is 10.2. The fourth-order valence-electron chi connectivity index (χ4n) is 1.42. The van der Waals surface area contributed by atoms with Crippen molar-refractivity contribution in [2.75, 3.05) is 5.43 Å². The number of halogens is 2. The fourth-order valence-corrected chi connectivity index (χ4v) is 1.78. The molecule has 4 heteroatoms. The Kier molecular flexibility index (Phi) is 4.24. The number of hydrogen-bond donors (Lipinski definition) is 1. The van der Waals surface area contributed by atoms with Crippen molar-refractivity contribution in [3.63, 3.8) is 0 Å². The average Bonchev–Trinajstić information content (AvgIpc) is 2.36. The number of hydrazone groups is 1. The molecule has 2 aromatic rings. The Bertz CT molecular complexity index is 580. The molecule has 2 aromatic carbocycles. The van der Waals surface area contributed by atoms with E-state index in [2.05, 4.69) is 10.5 Å². The summed E-state index contributed by atoms with van der Waals surface area (Å²) in [5.41, 5.74) is 5.66. The lowest BCUT2D eigenvalue weighted by molar-refractivity contribution is 1.34. The van der Waals surface area contributed by atoms with Crippen molar-refractivity contribution in [3.05, 3.63) is 63.6 Å². The topological polar surface area (TPSA) is 24.4 Å². The van der Waals surface area contributed by atoms with E-state index >= 15 is 0 Å². The molecule has 1 N–H and O–H groups in total. The van der Waals surface area contributed by atoms with E-state index in [0.717, 1.165) is 16.8 Å². The molecule has 92 valence electrons. The molecule has 0 radical (unpaired) electrons. The molecule has 0 heterocycles. The van der Waals surface area contributed by atoms with Gasteiger partial charge in [-0.1, -0.05) is 47.5 Å². The smallest absolute Gasteiger partial charge is 0.0576 e. The van der Waals surface area contributed by atoms with E-state index in [1.807, 2.05) is 49.4 Å². The van der Waals surface area contributed by atoms with Crippen LogP contribution in [0.5, 0.6) is 0 Å². The van der Waals surface area contributed by atoms with Gasteiger partial charge in [0.1, 0.15) is 0 Å². The van der Waals surface area contributed by atoms with Gasteiger partial charge < -0.3 is 0 Å². The van der Waals surface area contributed by atoms with Crippen LogP contribution < -0.4 is 5.43 Å². The minimum absolute atomic E-state index is 0.671. The van der Waals surface area contributed by atoms with Crippen molar-refractivity contribution >= 4 is 35.1 Å². The highest BCUT2D eigenvalue weighted by molar-refractivity contribution is 6.33. The minimum Gasteiger partial charge on any atom is -0.278 e. The van der Waals surface area contributed by atoms with E-state index in [9.17, 15) is 0 Å². The first kappa shape index (κ1) is 12.9. The summed E-state index contributed by atoms with van der Waals surface area (Å²) in [6.07, 6.45) is 1.68. The molecule has 0 aliphatic rings. The van der Waals surface area contributed by atoms with Crippen molar-refractivity contribution in [3.8, 4) is 0 Å². The van der Waals surface area contributed by atoms with Gasteiger partial charge in [0.15, 0.2) is 0 Å². The van der Waals surface area contributed by atoms with E-state index in [-0.39, 0.29) is 0 Å². The normalized spacial score (nSPS) is 10.8. The highest BCUT2D eigenvalue weighted by Crippen LogP contribution is 2.20. The third-order valence-corrected chi connectivity index (χ3v) is 3.23. The Hall–Kier alpha value is -1.51. The molecular formula is C14H12Cl2N2. The second kappa shape index (κ2) is 5.89. The van der Waals surface area contributed by atoms with Crippen LogP contribution in [0, 0.1) is 6.92 Å². The van der Waals surface area contributed by atoms with E-state index in [1.54, 1.807) is 6.21 Å². The highest BCUT2D eigenvalue weighted by Gasteiger charge is 1.97. The monoisotopic (exact) mass is 278 g/mol. The van der Waals surface area contributed by atoms with Crippen molar-refractivity contribution < 1.29 is 0 Å². The molecule has 0 aliphatic carbocycles. The molecule has 0 atom stereocenters. The number of benzene rings is 2. The van der Waals surface area contributed by atoms with Gasteiger partial charge in [-0.2, -0.15) is 5.10 Å². The van der Waals surface area contributed by atoms with Crippen molar-refractivity contribution in [1.29, 1.82) is 0 Å². The first-order valence-corrected chi connectivity index (χ1v) is 6.22. The molecule has 0 saturated heterocycles. The van der Waals surface area contributed by atoms with Crippen LogP contribution in [0.1, 0.15) is 11.1 Å². The molecular weight excluding hydrogens is 267 g/mol. The molecule has 18 heavy (non-hydrogen) atoms. The van der Waals surface area contributed by atoms with Crippen molar-refractivity contribution in [1.82, 2.24) is 0 Å². The van der Waals surface area contributed by atoms with E-state index in [4.69, 9.17) is 23.2 Å². The largest absolute Gasteiger partial charge is 0.278 e. The summed E-state index contributed by atoms with van der Waals surface area (Å²) in [6.45, 7) is 1.96. The van der Waals surface area contributed by atoms with Crippen LogP contribution in [-0.2, 0) is 0 Å². The van der Waals surface area contributed by atoms with Gasteiger partial charge in [-0.05, 0) is 30.7 Å². The van der Waals surface area contributed by atoms with Crippen LogP contribution >= 0.6 is 23.2 Å². The second-order valence-electron chi connectivity index (χ2n) is 3.86. The van der Waals surface area contributed by atoms with Crippen molar-refractivity contribution in [2.24, 2.45) is 5.10 Å². The van der Waals surface area contributed by atoms with Crippen LogP contribution in [0.25, 0.3) is 0 Å². The molecule has 2 rings (SSSR count). The predicted molar refractivity (Wildman–Crippen MR) is 78.9 cm³/mol. The first-order valence-electron chi connectivity index (χ1n) is 5.46. The standard InChI is InChI=1S/C14H12Cl2N2/c1-10-6-7-12(8-14(10)16)18-17-9-11-4-2-3-5-13(11)15/h2-9,18H,1H3/b17-9+. The number of hydrogen-bond acceptors (Lipinski definition) is 2. The Morgan fingerprint density at radius 3 is 2.56 bits per heavy atom. The lowest BCUT2D eigenvalue weighted by Gasteiger charge is -2.03. The van der Waals surface area contributed by atoms with Crippen LogP contribution in [0.15, 0.2) is 47.6 Å². The van der Waals surface area contributed by atoms with Crippen LogP contribution in [0.2, 0.25) is 10.0 Å². The Morgan fingerprint density at radius 1 is 1.06 bits per heavy atom. The Labute approximate surface area is 116 Å². The van der Waals surface area contributed by atoms with Crippen LogP contribution in [0.3, 0.4) is 0 Å².